The zero-order valence-electron chi connectivity index (χ0n) is 13.8. The van der Waals surface area contributed by atoms with Crippen molar-refractivity contribution in [3.05, 3.63) is 24.3 Å². The third-order valence-corrected chi connectivity index (χ3v) is 3.01. The summed E-state index contributed by atoms with van der Waals surface area (Å²) >= 11 is 0. The van der Waals surface area contributed by atoms with E-state index in [4.69, 9.17) is 9.47 Å². The minimum absolute atomic E-state index is 0.00463. The standard InChI is InChI=1S/C17H27NO3/c1-6-20-15-9-7-8-10-16(15)21-12-17(19)18(14(4)5)11-13(2)3/h7-10,13-14H,6,11-12H2,1-5H3. The lowest BCUT2D eigenvalue weighted by atomic mass is 10.2. The largest absolute Gasteiger partial charge is 0.490 e. The molecule has 0 atom stereocenters. The zero-order valence-corrected chi connectivity index (χ0v) is 13.8. The molecule has 0 radical (unpaired) electrons. The summed E-state index contributed by atoms with van der Waals surface area (Å²) in [5, 5.41) is 0. The molecule has 4 nitrogen and oxygen atoms in total. The molecule has 0 aliphatic carbocycles. The minimum atomic E-state index is 0.00463. The summed E-state index contributed by atoms with van der Waals surface area (Å²) in [7, 11) is 0. The molecule has 0 N–H and O–H groups in total. The summed E-state index contributed by atoms with van der Waals surface area (Å²) in [5.74, 6) is 1.73. The molecule has 0 aliphatic rings. The number of benzene rings is 1. The van der Waals surface area contributed by atoms with Crippen LogP contribution in [0.1, 0.15) is 34.6 Å². The Bertz CT molecular complexity index is 443. The maximum Gasteiger partial charge on any atom is 0.260 e. The number of ether oxygens (including phenoxy) is 2. The van der Waals surface area contributed by atoms with Crippen LogP contribution in [0.2, 0.25) is 0 Å². The molecule has 0 bridgehead atoms. The van der Waals surface area contributed by atoms with Gasteiger partial charge in [-0.25, -0.2) is 0 Å². The fraction of sp³-hybridized carbons (Fsp3) is 0.588. The first-order valence-corrected chi connectivity index (χ1v) is 7.59. The van der Waals surface area contributed by atoms with Crippen molar-refractivity contribution in [3.8, 4) is 11.5 Å². The Hall–Kier alpha value is -1.71. The lowest BCUT2D eigenvalue weighted by molar-refractivity contribution is -0.135. The number of nitrogens with zero attached hydrogens (tertiary/aromatic N) is 1. The Labute approximate surface area is 128 Å². The van der Waals surface area contributed by atoms with Crippen LogP contribution in [-0.2, 0) is 4.79 Å². The molecule has 1 amide bonds. The fourth-order valence-electron chi connectivity index (χ4n) is 2.06. The molecule has 0 saturated heterocycles. The number of carbonyl (C=O) groups is 1. The summed E-state index contributed by atoms with van der Waals surface area (Å²) in [5.41, 5.74) is 0. The molecule has 1 rings (SSSR count). The minimum Gasteiger partial charge on any atom is -0.490 e. The van der Waals surface area contributed by atoms with Gasteiger partial charge in [0.2, 0.25) is 0 Å². The van der Waals surface area contributed by atoms with Gasteiger partial charge in [-0.3, -0.25) is 4.79 Å². The molecule has 1 aromatic carbocycles. The summed E-state index contributed by atoms with van der Waals surface area (Å²) in [6, 6.07) is 7.60. The Balaban J connectivity index is 2.66. The molecular weight excluding hydrogens is 266 g/mol. The predicted octanol–water partition coefficient (Wildman–Crippen LogP) is 3.36. The van der Waals surface area contributed by atoms with Gasteiger partial charge in [0.15, 0.2) is 18.1 Å². The van der Waals surface area contributed by atoms with Gasteiger partial charge in [-0.1, -0.05) is 26.0 Å². The first-order valence-electron chi connectivity index (χ1n) is 7.59. The lowest BCUT2D eigenvalue weighted by Crippen LogP contribution is -2.42. The molecule has 4 heteroatoms. The van der Waals surface area contributed by atoms with Crippen LogP contribution >= 0.6 is 0 Å². The van der Waals surface area contributed by atoms with Gasteiger partial charge in [0, 0.05) is 12.6 Å². The van der Waals surface area contributed by atoms with Crippen molar-refractivity contribution in [3.63, 3.8) is 0 Å². The average molecular weight is 293 g/mol. The Morgan fingerprint density at radius 1 is 1.10 bits per heavy atom. The van der Waals surface area contributed by atoms with Gasteiger partial charge in [0.25, 0.3) is 5.91 Å². The van der Waals surface area contributed by atoms with Crippen LogP contribution in [-0.4, -0.2) is 36.6 Å². The van der Waals surface area contributed by atoms with Crippen molar-refractivity contribution in [1.29, 1.82) is 0 Å². The molecule has 1 aromatic rings. The van der Waals surface area contributed by atoms with E-state index < -0.39 is 0 Å². The molecule has 118 valence electrons. The highest BCUT2D eigenvalue weighted by molar-refractivity contribution is 5.78. The van der Waals surface area contributed by atoms with Gasteiger partial charge < -0.3 is 14.4 Å². The van der Waals surface area contributed by atoms with Crippen LogP contribution in [0.3, 0.4) is 0 Å². The Kier molecular flexibility index (Phi) is 7.06. The van der Waals surface area contributed by atoms with E-state index in [9.17, 15) is 4.79 Å². The van der Waals surface area contributed by atoms with Crippen LogP contribution < -0.4 is 9.47 Å². The first kappa shape index (κ1) is 17.3. The van der Waals surface area contributed by atoms with Crippen LogP contribution in [0.5, 0.6) is 11.5 Å². The highest BCUT2D eigenvalue weighted by atomic mass is 16.5. The zero-order chi connectivity index (χ0) is 15.8. The SMILES string of the molecule is CCOc1ccccc1OCC(=O)N(CC(C)C)C(C)C. The molecule has 21 heavy (non-hydrogen) atoms. The van der Waals surface area contributed by atoms with E-state index in [1.165, 1.54) is 0 Å². The van der Waals surface area contributed by atoms with Gasteiger partial charge in [-0.2, -0.15) is 0 Å². The first-order chi connectivity index (χ1) is 9.95. The van der Waals surface area contributed by atoms with Gasteiger partial charge in [0.1, 0.15) is 0 Å². The maximum absolute atomic E-state index is 12.3. The van der Waals surface area contributed by atoms with Gasteiger partial charge >= 0.3 is 0 Å². The summed E-state index contributed by atoms with van der Waals surface area (Å²) in [6.45, 7) is 11.5. The average Bonchev–Trinajstić information content (AvgIpc) is 2.43. The number of para-hydroxylation sites is 2. The van der Waals surface area contributed by atoms with Crippen molar-refractivity contribution in [2.75, 3.05) is 19.8 Å². The van der Waals surface area contributed by atoms with Crippen LogP contribution in [0.25, 0.3) is 0 Å². The van der Waals surface area contributed by atoms with Crippen LogP contribution in [0.4, 0.5) is 0 Å². The second kappa shape index (κ2) is 8.55. The van der Waals surface area contributed by atoms with Crippen LogP contribution in [0.15, 0.2) is 24.3 Å². The maximum atomic E-state index is 12.3. The number of amides is 1. The second-order valence-corrected chi connectivity index (χ2v) is 5.70. The van der Waals surface area contributed by atoms with E-state index in [0.29, 0.717) is 24.0 Å². The molecule has 0 aliphatic heterocycles. The van der Waals surface area contributed by atoms with Gasteiger partial charge in [-0.15, -0.1) is 0 Å². The van der Waals surface area contributed by atoms with E-state index >= 15 is 0 Å². The van der Waals surface area contributed by atoms with E-state index in [-0.39, 0.29) is 18.6 Å². The van der Waals surface area contributed by atoms with Crippen LogP contribution in [0, 0.1) is 5.92 Å². The van der Waals surface area contributed by atoms with Crippen molar-refractivity contribution in [2.45, 2.75) is 40.7 Å². The van der Waals surface area contributed by atoms with Crippen molar-refractivity contribution in [2.24, 2.45) is 5.92 Å². The second-order valence-electron chi connectivity index (χ2n) is 5.70. The Morgan fingerprint density at radius 2 is 1.67 bits per heavy atom. The summed E-state index contributed by atoms with van der Waals surface area (Å²) in [6.07, 6.45) is 0. The van der Waals surface area contributed by atoms with E-state index in [1.54, 1.807) is 0 Å². The highest BCUT2D eigenvalue weighted by Crippen LogP contribution is 2.26. The topological polar surface area (TPSA) is 38.8 Å². The molecule has 0 saturated carbocycles. The quantitative estimate of drug-likeness (QED) is 0.737. The fourth-order valence-corrected chi connectivity index (χ4v) is 2.06. The Morgan fingerprint density at radius 3 is 2.14 bits per heavy atom. The summed E-state index contributed by atoms with van der Waals surface area (Å²) < 4.78 is 11.1. The monoisotopic (exact) mass is 293 g/mol. The number of carbonyl (C=O) groups excluding carboxylic acids is 1. The van der Waals surface area contributed by atoms with E-state index in [1.807, 2.05) is 49.9 Å². The number of hydrogen-bond donors (Lipinski definition) is 0. The normalized spacial score (nSPS) is 10.8. The van der Waals surface area contributed by atoms with Gasteiger partial charge in [0.05, 0.1) is 6.61 Å². The van der Waals surface area contributed by atoms with Crippen molar-refractivity contribution < 1.29 is 14.3 Å². The smallest absolute Gasteiger partial charge is 0.260 e. The van der Waals surface area contributed by atoms with E-state index in [0.717, 1.165) is 6.54 Å². The third kappa shape index (κ3) is 5.66. The van der Waals surface area contributed by atoms with Crippen molar-refractivity contribution in [1.82, 2.24) is 4.90 Å². The molecule has 0 unspecified atom stereocenters. The van der Waals surface area contributed by atoms with Gasteiger partial charge in [-0.05, 0) is 38.8 Å². The molecular formula is C17H27NO3. The predicted molar refractivity (Wildman–Crippen MR) is 84.8 cm³/mol. The van der Waals surface area contributed by atoms with E-state index in [2.05, 4.69) is 13.8 Å². The van der Waals surface area contributed by atoms with Crippen molar-refractivity contribution >= 4 is 5.91 Å². The number of rotatable bonds is 8. The highest BCUT2D eigenvalue weighted by Gasteiger charge is 2.19. The molecule has 0 heterocycles. The number of hydrogen-bond acceptors (Lipinski definition) is 3. The third-order valence-electron chi connectivity index (χ3n) is 3.01. The molecule has 0 fully saturated rings. The molecule has 0 spiro atoms. The summed E-state index contributed by atoms with van der Waals surface area (Å²) in [4.78, 5) is 14.2. The lowest BCUT2D eigenvalue weighted by Gasteiger charge is -2.28. The molecule has 0 aromatic heterocycles.